The molecule has 1 atom stereocenters. The highest BCUT2D eigenvalue weighted by molar-refractivity contribution is 5.97. The van der Waals surface area contributed by atoms with Gasteiger partial charge in [-0.3, -0.25) is 24.1 Å². The molecule has 0 unspecified atom stereocenters. The zero-order valence-electron chi connectivity index (χ0n) is 17.5. The number of nitrogens with one attached hydrogen (secondary N) is 2. The predicted molar refractivity (Wildman–Crippen MR) is 112 cm³/mol. The maximum atomic E-state index is 12.9. The lowest BCUT2D eigenvalue weighted by Gasteiger charge is -2.37. The van der Waals surface area contributed by atoms with Crippen LogP contribution in [0.2, 0.25) is 0 Å². The van der Waals surface area contributed by atoms with Crippen LogP contribution in [0.15, 0.2) is 18.2 Å². The number of carbonyl (C=O) groups excluding carboxylic acids is 4. The van der Waals surface area contributed by atoms with Crippen molar-refractivity contribution in [3.8, 4) is 0 Å². The Morgan fingerprint density at radius 2 is 1.87 bits per heavy atom. The van der Waals surface area contributed by atoms with E-state index < -0.39 is 6.04 Å². The zero-order chi connectivity index (χ0) is 21.7. The maximum absolute atomic E-state index is 12.9. The van der Waals surface area contributed by atoms with E-state index in [4.69, 9.17) is 0 Å². The summed E-state index contributed by atoms with van der Waals surface area (Å²) in [4.78, 5) is 53.9. The van der Waals surface area contributed by atoms with Crippen molar-refractivity contribution in [2.45, 2.75) is 26.3 Å². The van der Waals surface area contributed by atoms with Crippen LogP contribution in [-0.4, -0.2) is 90.7 Å². The molecule has 0 radical (unpaired) electrons. The Labute approximate surface area is 176 Å². The third kappa shape index (κ3) is 5.35. The first-order valence-electron chi connectivity index (χ1n) is 10.2. The fraction of sp³-hybridized carbons (Fsp3) is 0.524. The van der Waals surface area contributed by atoms with E-state index in [-0.39, 0.29) is 30.7 Å². The summed E-state index contributed by atoms with van der Waals surface area (Å²) in [6.45, 7) is 7.28. The van der Waals surface area contributed by atoms with E-state index in [1.165, 1.54) is 4.90 Å². The van der Waals surface area contributed by atoms with Crippen LogP contribution in [0.1, 0.15) is 17.5 Å². The van der Waals surface area contributed by atoms with Crippen LogP contribution in [0.3, 0.4) is 0 Å². The smallest absolute Gasteiger partial charge is 0.243 e. The summed E-state index contributed by atoms with van der Waals surface area (Å²) >= 11 is 0. The van der Waals surface area contributed by atoms with Crippen molar-refractivity contribution in [2.75, 3.05) is 51.1 Å². The summed E-state index contributed by atoms with van der Waals surface area (Å²) in [5.41, 5.74) is 2.87. The molecule has 9 heteroatoms. The molecule has 1 aromatic rings. The van der Waals surface area contributed by atoms with E-state index >= 15 is 0 Å². The van der Waals surface area contributed by atoms with Gasteiger partial charge in [-0.25, -0.2) is 0 Å². The molecule has 0 bridgehead atoms. The van der Waals surface area contributed by atoms with Crippen LogP contribution in [0.4, 0.5) is 5.69 Å². The van der Waals surface area contributed by atoms with Gasteiger partial charge in [0.2, 0.25) is 24.1 Å². The summed E-state index contributed by atoms with van der Waals surface area (Å²) in [6.07, 6.45) is 0.724. The fourth-order valence-corrected chi connectivity index (χ4v) is 3.73. The standard InChI is InChI=1S/C21H29N5O4/c1-15-3-4-17(11-16(15)2)23-19(28)12-18-21(30)22-5-6-26(18)20(29)13-24-7-9-25(14-27)10-8-24/h3-4,11,14,18H,5-10,12-13H2,1-2H3,(H,22,30)(H,23,28)/t18-/m0/s1. The van der Waals surface area contributed by atoms with Gasteiger partial charge in [-0.1, -0.05) is 6.07 Å². The molecule has 2 fully saturated rings. The number of anilines is 1. The summed E-state index contributed by atoms with van der Waals surface area (Å²) in [6, 6.07) is 4.81. The van der Waals surface area contributed by atoms with Gasteiger partial charge in [0.1, 0.15) is 6.04 Å². The Hall–Kier alpha value is -2.94. The molecule has 2 saturated heterocycles. The predicted octanol–water partition coefficient (Wildman–Crippen LogP) is -0.267. The molecular formula is C21H29N5O4. The quantitative estimate of drug-likeness (QED) is 0.623. The highest BCUT2D eigenvalue weighted by Gasteiger charge is 2.35. The number of hydrogen-bond donors (Lipinski definition) is 2. The van der Waals surface area contributed by atoms with E-state index in [1.54, 1.807) is 4.90 Å². The number of piperazine rings is 2. The van der Waals surface area contributed by atoms with Gasteiger partial charge in [0.25, 0.3) is 0 Å². The van der Waals surface area contributed by atoms with Gasteiger partial charge in [-0.2, -0.15) is 0 Å². The van der Waals surface area contributed by atoms with Crippen molar-refractivity contribution < 1.29 is 19.2 Å². The normalized spacial score (nSPS) is 19.9. The largest absolute Gasteiger partial charge is 0.353 e. The summed E-state index contributed by atoms with van der Waals surface area (Å²) in [5, 5.41) is 5.57. The van der Waals surface area contributed by atoms with Gasteiger partial charge in [0, 0.05) is 45.0 Å². The van der Waals surface area contributed by atoms with Gasteiger partial charge in [-0.05, 0) is 37.1 Å². The molecule has 30 heavy (non-hydrogen) atoms. The van der Waals surface area contributed by atoms with E-state index in [0.717, 1.165) is 17.5 Å². The number of nitrogens with zero attached hydrogens (tertiary/aromatic N) is 3. The molecule has 4 amide bonds. The Morgan fingerprint density at radius 3 is 2.53 bits per heavy atom. The second-order valence-corrected chi connectivity index (χ2v) is 7.86. The minimum Gasteiger partial charge on any atom is -0.353 e. The first-order valence-corrected chi connectivity index (χ1v) is 10.2. The van der Waals surface area contributed by atoms with E-state index in [2.05, 4.69) is 10.6 Å². The Bertz CT molecular complexity index is 820. The number of amides is 4. The third-order valence-electron chi connectivity index (χ3n) is 5.74. The van der Waals surface area contributed by atoms with E-state index in [0.29, 0.717) is 45.0 Å². The lowest BCUT2D eigenvalue weighted by molar-refractivity contribution is -0.145. The van der Waals surface area contributed by atoms with Crippen molar-refractivity contribution in [1.82, 2.24) is 20.0 Å². The lowest BCUT2D eigenvalue weighted by Crippen LogP contribution is -2.60. The van der Waals surface area contributed by atoms with Crippen LogP contribution < -0.4 is 10.6 Å². The molecule has 0 aliphatic carbocycles. The second-order valence-electron chi connectivity index (χ2n) is 7.86. The molecule has 3 rings (SSSR count). The van der Waals surface area contributed by atoms with Crippen LogP contribution in [0.5, 0.6) is 0 Å². The highest BCUT2D eigenvalue weighted by atomic mass is 16.2. The number of aryl methyl sites for hydroxylation is 2. The molecular weight excluding hydrogens is 386 g/mol. The van der Waals surface area contributed by atoms with Gasteiger partial charge < -0.3 is 20.4 Å². The molecule has 2 heterocycles. The second kappa shape index (κ2) is 9.71. The first-order chi connectivity index (χ1) is 14.4. The number of carbonyl (C=O) groups is 4. The first kappa shape index (κ1) is 21.8. The Kier molecular flexibility index (Phi) is 7.04. The average molecular weight is 415 g/mol. The molecule has 2 N–H and O–H groups in total. The van der Waals surface area contributed by atoms with Crippen LogP contribution in [-0.2, 0) is 19.2 Å². The van der Waals surface area contributed by atoms with Crippen LogP contribution >= 0.6 is 0 Å². The highest BCUT2D eigenvalue weighted by Crippen LogP contribution is 2.16. The van der Waals surface area contributed by atoms with Crippen LogP contribution in [0, 0.1) is 13.8 Å². The summed E-state index contributed by atoms with van der Waals surface area (Å²) in [7, 11) is 0. The monoisotopic (exact) mass is 415 g/mol. The van der Waals surface area contributed by atoms with Crippen molar-refractivity contribution >= 4 is 29.8 Å². The van der Waals surface area contributed by atoms with Gasteiger partial charge in [-0.15, -0.1) is 0 Å². The van der Waals surface area contributed by atoms with Crippen molar-refractivity contribution in [2.24, 2.45) is 0 Å². The number of hydrogen-bond acceptors (Lipinski definition) is 5. The molecule has 0 aromatic heterocycles. The zero-order valence-corrected chi connectivity index (χ0v) is 17.5. The third-order valence-corrected chi connectivity index (χ3v) is 5.74. The minimum absolute atomic E-state index is 0.0938. The van der Waals surface area contributed by atoms with Gasteiger partial charge >= 0.3 is 0 Å². The number of rotatable bonds is 6. The molecule has 0 spiro atoms. The summed E-state index contributed by atoms with van der Waals surface area (Å²) in [5.74, 6) is -0.790. The average Bonchev–Trinajstić information content (AvgIpc) is 2.72. The maximum Gasteiger partial charge on any atom is 0.243 e. The van der Waals surface area contributed by atoms with Crippen molar-refractivity contribution in [1.29, 1.82) is 0 Å². The molecule has 9 nitrogen and oxygen atoms in total. The minimum atomic E-state index is -0.825. The Balaban J connectivity index is 1.60. The van der Waals surface area contributed by atoms with Gasteiger partial charge in [0.15, 0.2) is 0 Å². The SMILES string of the molecule is Cc1ccc(NC(=O)C[C@H]2C(=O)NCCN2C(=O)CN2CCN(C=O)CC2)cc1C. The molecule has 1 aromatic carbocycles. The fourth-order valence-electron chi connectivity index (χ4n) is 3.73. The number of benzene rings is 1. The lowest BCUT2D eigenvalue weighted by atomic mass is 10.1. The van der Waals surface area contributed by atoms with Gasteiger partial charge in [0.05, 0.1) is 13.0 Å². The van der Waals surface area contributed by atoms with Crippen molar-refractivity contribution in [3.63, 3.8) is 0 Å². The molecule has 162 valence electrons. The van der Waals surface area contributed by atoms with Crippen molar-refractivity contribution in [3.05, 3.63) is 29.3 Å². The van der Waals surface area contributed by atoms with Crippen LogP contribution in [0.25, 0.3) is 0 Å². The molecule has 2 aliphatic rings. The Morgan fingerprint density at radius 1 is 1.13 bits per heavy atom. The molecule has 0 saturated carbocycles. The topological polar surface area (TPSA) is 102 Å². The summed E-state index contributed by atoms with van der Waals surface area (Å²) < 4.78 is 0. The van der Waals surface area contributed by atoms with E-state index in [9.17, 15) is 19.2 Å². The molecule has 2 aliphatic heterocycles. The van der Waals surface area contributed by atoms with E-state index in [1.807, 2.05) is 36.9 Å².